The molecule has 0 saturated heterocycles. The van der Waals surface area contributed by atoms with Crippen molar-refractivity contribution in [3.8, 4) is 0 Å². The van der Waals surface area contributed by atoms with E-state index in [-0.39, 0.29) is 0 Å². The molecule has 1 atom stereocenters. The van der Waals surface area contributed by atoms with Gasteiger partial charge in [-0.15, -0.1) is 0 Å². The first kappa shape index (κ1) is 28.0. The number of fused-ring (bicyclic) bond motifs is 1. The normalized spacial score (nSPS) is 12.0. The molecule has 200 valence electrons. The predicted molar refractivity (Wildman–Crippen MR) is 171 cm³/mol. The Hall–Kier alpha value is -3.51. The zero-order valence-electron chi connectivity index (χ0n) is 22.2. The van der Waals surface area contributed by atoms with Gasteiger partial charge in [-0.25, -0.2) is 4.98 Å². The molecule has 0 radical (unpaired) electrons. The van der Waals surface area contributed by atoms with Crippen molar-refractivity contribution in [1.82, 2.24) is 9.55 Å². The molecule has 6 aromatic rings. The molecule has 0 aliphatic heterocycles. The molecule has 1 aromatic heterocycles. The first-order valence-corrected chi connectivity index (χ1v) is 14.8. The van der Waals surface area contributed by atoms with Gasteiger partial charge in [-0.1, -0.05) is 142 Å². The summed E-state index contributed by atoms with van der Waals surface area (Å²) in [6.45, 7) is 1.96. The molecule has 0 amide bonds. The van der Waals surface area contributed by atoms with Crippen LogP contribution < -0.4 is 0 Å². The molecule has 0 saturated carbocycles. The third kappa shape index (κ3) is 5.83. The van der Waals surface area contributed by atoms with Crippen LogP contribution in [0.2, 0.25) is 0 Å². The number of halogens is 2. The molecular weight excluding hydrogens is 624 g/mol. The maximum atomic E-state index is 10.3. The van der Waals surface area contributed by atoms with Crippen molar-refractivity contribution in [2.45, 2.75) is 25.0 Å². The van der Waals surface area contributed by atoms with Crippen LogP contribution in [0.5, 0.6) is 0 Å². The summed E-state index contributed by atoms with van der Waals surface area (Å²) in [5, 5.41) is 12.9. The SMILES string of the molecule is Brc1ccc2cc(Br)ccc2c1.CCC(O)c1cn(C(c2ccccc2)(c2ccccc2)c2ccccc2)cn1. The largest absolute Gasteiger partial charge is 0.387 e. The summed E-state index contributed by atoms with van der Waals surface area (Å²) in [5.74, 6) is 0. The van der Waals surface area contributed by atoms with Gasteiger partial charge < -0.3 is 9.67 Å². The lowest BCUT2D eigenvalue weighted by Gasteiger charge is -2.37. The summed E-state index contributed by atoms with van der Waals surface area (Å²) in [6, 6.07) is 43.9. The van der Waals surface area contributed by atoms with Gasteiger partial charge in [-0.2, -0.15) is 0 Å². The summed E-state index contributed by atoms with van der Waals surface area (Å²) in [7, 11) is 0. The Labute approximate surface area is 252 Å². The van der Waals surface area contributed by atoms with Crippen LogP contribution in [0.15, 0.2) is 149 Å². The number of hydrogen-bond acceptors (Lipinski definition) is 2. The minimum Gasteiger partial charge on any atom is -0.387 e. The van der Waals surface area contributed by atoms with E-state index in [9.17, 15) is 5.11 Å². The first-order chi connectivity index (χ1) is 19.5. The fourth-order valence-corrected chi connectivity index (χ4v) is 5.83. The van der Waals surface area contributed by atoms with Gasteiger partial charge in [-0.3, -0.25) is 0 Å². The molecular formula is C35H30Br2N2O. The van der Waals surface area contributed by atoms with Gasteiger partial charge in [0.2, 0.25) is 0 Å². The van der Waals surface area contributed by atoms with E-state index in [4.69, 9.17) is 0 Å². The lowest BCUT2D eigenvalue weighted by atomic mass is 9.77. The van der Waals surface area contributed by atoms with Crippen molar-refractivity contribution in [2.75, 3.05) is 0 Å². The van der Waals surface area contributed by atoms with Crippen LogP contribution in [0.4, 0.5) is 0 Å². The number of nitrogens with zero attached hydrogens (tertiary/aromatic N) is 2. The van der Waals surface area contributed by atoms with Gasteiger partial charge in [-0.05, 0) is 58.1 Å². The standard InChI is InChI=1S/C25H24N2O.C10H6Br2/c1-2-24(28)23-18-27(19-26-23)25(20-12-6-3-7-13-20,21-14-8-4-9-15-21)22-16-10-5-11-17-22;11-9-3-1-7-5-10(12)4-2-8(7)6-9/h3-19,24,28H,2H2,1H3;1-6H. The van der Waals surface area contributed by atoms with Crippen LogP contribution >= 0.6 is 31.9 Å². The minimum absolute atomic E-state index is 0.568. The minimum atomic E-state index is -0.581. The number of aromatic nitrogens is 2. The van der Waals surface area contributed by atoms with E-state index in [1.807, 2.05) is 37.6 Å². The Morgan fingerprint density at radius 2 is 1.10 bits per heavy atom. The maximum Gasteiger partial charge on any atom is 0.121 e. The monoisotopic (exact) mass is 652 g/mol. The van der Waals surface area contributed by atoms with Gasteiger partial charge in [0.25, 0.3) is 0 Å². The molecule has 0 fully saturated rings. The fraction of sp³-hybridized carbons (Fsp3) is 0.114. The summed E-state index contributed by atoms with van der Waals surface area (Å²) in [4.78, 5) is 4.54. The summed E-state index contributed by atoms with van der Waals surface area (Å²) >= 11 is 6.88. The highest BCUT2D eigenvalue weighted by Gasteiger charge is 2.38. The molecule has 0 spiro atoms. The molecule has 40 heavy (non-hydrogen) atoms. The Bertz CT molecular complexity index is 1530. The molecule has 1 unspecified atom stereocenters. The summed E-state index contributed by atoms with van der Waals surface area (Å²) in [5.41, 5.74) is 3.53. The van der Waals surface area contributed by atoms with E-state index >= 15 is 0 Å². The Kier molecular flexibility index (Phi) is 8.95. The van der Waals surface area contributed by atoms with Crippen LogP contribution in [0.25, 0.3) is 10.8 Å². The van der Waals surface area contributed by atoms with Gasteiger partial charge in [0.05, 0.1) is 18.1 Å². The average molecular weight is 654 g/mol. The van der Waals surface area contributed by atoms with E-state index < -0.39 is 11.6 Å². The van der Waals surface area contributed by atoms with Crippen molar-refractivity contribution in [3.63, 3.8) is 0 Å². The lowest BCUT2D eigenvalue weighted by molar-refractivity contribution is 0.169. The molecule has 6 rings (SSSR count). The molecule has 3 nitrogen and oxygen atoms in total. The van der Waals surface area contributed by atoms with Crippen LogP contribution in [-0.2, 0) is 5.54 Å². The average Bonchev–Trinajstić information content (AvgIpc) is 3.50. The molecule has 0 aliphatic rings. The van der Waals surface area contributed by atoms with Crippen LogP contribution in [-0.4, -0.2) is 14.7 Å². The maximum absolute atomic E-state index is 10.3. The number of aliphatic hydroxyl groups is 1. The number of imidazole rings is 1. The second kappa shape index (κ2) is 12.8. The highest BCUT2D eigenvalue weighted by molar-refractivity contribution is 9.10. The topological polar surface area (TPSA) is 38.0 Å². The number of hydrogen-bond donors (Lipinski definition) is 1. The van der Waals surface area contributed by atoms with Gasteiger partial charge in [0.15, 0.2) is 0 Å². The third-order valence-electron chi connectivity index (χ3n) is 7.06. The third-order valence-corrected chi connectivity index (χ3v) is 8.04. The molecule has 1 N–H and O–H groups in total. The van der Waals surface area contributed by atoms with Crippen LogP contribution in [0.3, 0.4) is 0 Å². The predicted octanol–water partition coefficient (Wildman–Crippen LogP) is 9.53. The molecule has 5 aromatic carbocycles. The van der Waals surface area contributed by atoms with Gasteiger partial charge in [0, 0.05) is 15.1 Å². The fourth-order valence-electron chi connectivity index (χ4n) is 5.08. The zero-order valence-corrected chi connectivity index (χ0v) is 25.3. The highest BCUT2D eigenvalue weighted by Crippen LogP contribution is 2.41. The van der Waals surface area contributed by atoms with E-state index in [1.165, 1.54) is 10.8 Å². The zero-order chi connectivity index (χ0) is 28.0. The number of rotatable bonds is 6. The Balaban J connectivity index is 0.000000223. The second-order valence-corrected chi connectivity index (χ2v) is 11.4. The molecule has 5 heteroatoms. The van der Waals surface area contributed by atoms with Crippen LogP contribution in [0.1, 0.15) is 41.8 Å². The Morgan fingerprint density at radius 3 is 1.50 bits per heavy atom. The van der Waals surface area contributed by atoms with Crippen molar-refractivity contribution < 1.29 is 5.11 Å². The number of benzene rings is 5. The summed E-state index contributed by atoms with van der Waals surface area (Å²) in [6.07, 6.45) is 3.87. The first-order valence-electron chi connectivity index (χ1n) is 13.3. The lowest BCUT2D eigenvalue weighted by Crippen LogP contribution is -2.36. The second-order valence-electron chi connectivity index (χ2n) is 9.57. The van der Waals surface area contributed by atoms with E-state index in [1.54, 1.807) is 0 Å². The number of aliphatic hydroxyl groups excluding tert-OH is 1. The molecule has 0 aliphatic carbocycles. The van der Waals surface area contributed by atoms with Crippen molar-refractivity contribution >= 4 is 42.6 Å². The van der Waals surface area contributed by atoms with E-state index in [0.717, 1.165) is 25.6 Å². The highest BCUT2D eigenvalue weighted by atomic mass is 79.9. The van der Waals surface area contributed by atoms with Gasteiger partial charge in [0.1, 0.15) is 5.54 Å². The van der Waals surface area contributed by atoms with E-state index in [0.29, 0.717) is 12.1 Å². The van der Waals surface area contributed by atoms with Crippen molar-refractivity contribution in [3.05, 3.63) is 171 Å². The van der Waals surface area contributed by atoms with Crippen molar-refractivity contribution in [1.29, 1.82) is 0 Å². The quantitative estimate of drug-likeness (QED) is 0.182. The molecule has 1 heterocycles. The van der Waals surface area contributed by atoms with Crippen LogP contribution in [0, 0.1) is 0 Å². The smallest absolute Gasteiger partial charge is 0.121 e. The van der Waals surface area contributed by atoms with Gasteiger partial charge >= 0.3 is 0 Å². The van der Waals surface area contributed by atoms with Crippen molar-refractivity contribution in [2.24, 2.45) is 0 Å². The Morgan fingerprint density at radius 1 is 0.675 bits per heavy atom. The summed E-state index contributed by atoms with van der Waals surface area (Å²) < 4.78 is 4.37. The van der Waals surface area contributed by atoms with E-state index in [2.05, 4.69) is 151 Å². The molecule has 0 bridgehead atoms.